The summed E-state index contributed by atoms with van der Waals surface area (Å²) in [6.07, 6.45) is 0.561. The van der Waals surface area contributed by atoms with E-state index in [-0.39, 0.29) is 5.69 Å². The summed E-state index contributed by atoms with van der Waals surface area (Å²) in [6.45, 7) is 0.348. The van der Waals surface area contributed by atoms with Crippen LogP contribution in [-0.4, -0.2) is 22.2 Å². The smallest absolute Gasteiger partial charge is 0.275 e. The third-order valence-corrected chi connectivity index (χ3v) is 4.47. The van der Waals surface area contributed by atoms with Crippen LogP contribution in [0.5, 0.6) is 0 Å². The van der Waals surface area contributed by atoms with E-state index in [2.05, 4.69) is 10.4 Å². The van der Waals surface area contributed by atoms with Gasteiger partial charge in [0.2, 0.25) is 5.43 Å². The number of amides is 1. The summed E-state index contributed by atoms with van der Waals surface area (Å²) in [5.74, 6) is -0.519. The zero-order valence-electron chi connectivity index (χ0n) is 13.4. The van der Waals surface area contributed by atoms with E-state index >= 15 is 0 Å². The molecule has 0 aliphatic rings. The highest BCUT2D eigenvalue weighted by Crippen LogP contribution is 2.16. The molecule has 0 saturated carbocycles. The van der Waals surface area contributed by atoms with Gasteiger partial charge < -0.3 is 5.32 Å². The monoisotopic (exact) mass is 375 g/mol. The van der Waals surface area contributed by atoms with Gasteiger partial charge in [0, 0.05) is 23.6 Å². The lowest BCUT2D eigenvalue weighted by molar-refractivity contribution is 0.0946. The maximum atomic E-state index is 12.5. The number of carbonyl (C=O) groups is 1. The van der Waals surface area contributed by atoms with Crippen molar-refractivity contribution in [3.05, 3.63) is 74.0 Å². The van der Waals surface area contributed by atoms with Crippen LogP contribution in [-0.2, 0) is 13.5 Å². The minimum atomic E-state index is -0.519. The Morgan fingerprint density at radius 3 is 2.72 bits per heavy atom. The first-order valence-electron chi connectivity index (χ1n) is 7.65. The number of benzene rings is 2. The fourth-order valence-corrected chi connectivity index (χ4v) is 3.00. The number of nitrogens with zero attached hydrogens (tertiary/aromatic N) is 2. The summed E-state index contributed by atoms with van der Waals surface area (Å²) < 4.78 is 1.50. The van der Waals surface area contributed by atoms with Crippen LogP contribution in [0.4, 0.5) is 0 Å². The van der Waals surface area contributed by atoms with Crippen molar-refractivity contribution in [3.63, 3.8) is 0 Å². The topological polar surface area (TPSA) is 64.0 Å². The highest BCUT2D eigenvalue weighted by Gasteiger charge is 2.16. The van der Waals surface area contributed by atoms with Crippen LogP contribution in [0.3, 0.4) is 0 Å². The zero-order chi connectivity index (χ0) is 18.0. The summed E-state index contributed by atoms with van der Waals surface area (Å²) in [5, 5.41) is 8.25. The van der Waals surface area contributed by atoms with Crippen molar-refractivity contribution in [1.82, 2.24) is 15.1 Å². The van der Waals surface area contributed by atoms with Crippen molar-refractivity contribution >= 4 is 40.0 Å². The molecular formula is C18H15Cl2N3O2. The second-order valence-electron chi connectivity index (χ2n) is 5.56. The average Bonchev–Trinajstić information content (AvgIpc) is 2.59. The number of hydrogen-bond acceptors (Lipinski definition) is 3. The SMILES string of the molecule is Cn1nc(C(=O)NCCc2ccccc2Cl)c(=O)c2cc(Cl)ccc21. The molecule has 0 unspecified atom stereocenters. The molecule has 25 heavy (non-hydrogen) atoms. The first-order valence-corrected chi connectivity index (χ1v) is 8.41. The van der Waals surface area contributed by atoms with Crippen molar-refractivity contribution in [2.75, 3.05) is 6.54 Å². The normalized spacial score (nSPS) is 10.8. The molecule has 0 fully saturated rings. The molecule has 3 rings (SSSR count). The Labute approximate surface area is 154 Å². The third-order valence-electron chi connectivity index (χ3n) is 3.87. The Morgan fingerprint density at radius 1 is 1.20 bits per heavy atom. The molecule has 7 heteroatoms. The summed E-state index contributed by atoms with van der Waals surface area (Å²) in [6, 6.07) is 12.3. The van der Waals surface area contributed by atoms with Crippen molar-refractivity contribution < 1.29 is 4.79 Å². The summed E-state index contributed by atoms with van der Waals surface area (Å²) in [4.78, 5) is 24.9. The minimum absolute atomic E-state index is 0.156. The molecule has 1 amide bonds. The number of hydrogen-bond donors (Lipinski definition) is 1. The van der Waals surface area contributed by atoms with Crippen molar-refractivity contribution in [3.8, 4) is 0 Å². The Balaban J connectivity index is 1.82. The molecule has 0 aliphatic heterocycles. The standard InChI is InChI=1S/C18H15Cl2N3O2/c1-23-15-7-6-12(19)10-13(15)17(24)16(22-23)18(25)21-9-8-11-4-2-3-5-14(11)20/h2-7,10H,8-9H2,1H3,(H,21,25). The van der Waals surface area contributed by atoms with Gasteiger partial charge in [-0.2, -0.15) is 5.10 Å². The van der Waals surface area contributed by atoms with E-state index < -0.39 is 11.3 Å². The van der Waals surface area contributed by atoms with Crippen molar-refractivity contribution in [1.29, 1.82) is 0 Å². The van der Waals surface area contributed by atoms with Crippen LogP contribution in [0.2, 0.25) is 10.0 Å². The maximum Gasteiger partial charge on any atom is 0.275 e. The van der Waals surface area contributed by atoms with Gasteiger partial charge in [-0.05, 0) is 36.2 Å². The van der Waals surface area contributed by atoms with E-state index in [0.717, 1.165) is 5.56 Å². The fourth-order valence-electron chi connectivity index (χ4n) is 2.59. The molecule has 0 aliphatic carbocycles. The van der Waals surface area contributed by atoms with Crippen LogP contribution in [0.1, 0.15) is 16.1 Å². The number of aryl methyl sites for hydroxylation is 1. The average molecular weight is 376 g/mol. The Bertz CT molecular complexity index is 1010. The lowest BCUT2D eigenvalue weighted by Crippen LogP contribution is -2.33. The second-order valence-corrected chi connectivity index (χ2v) is 6.40. The molecule has 0 atom stereocenters. The van der Waals surface area contributed by atoms with E-state index in [9.17, 15) is 9.59 Å². The molecule has 1 N–H and O–H groups in total. The number of nitrogens with one attached hydrogen (secondary N) is 1. The van der Waals surface area contributed by atoms with Gasteiger partial charge in [0.05, 0.1) is 10.9 Å². The molecule has 1 aromatic heterocycles. The van der Waals surface area contributed by atoms with E-state index in [1.165, 1.54) is 4.68 Å². The molecule has 0 bridgehead atoms. The zero-order valence-corrected chi connectivity index (χ0v) is 14.9. The van der Waals surface area contributed by atoms with Gasteiger partial charge in [-0.15, -0.1) is 0 Å². The van der Waals surface area contributed by atoms with Crippen molar-refractivity contribution in [2.24, 2.45) is 7.05 Å². The fraction of sp³-hybridized carbons (Fsp3) is 0.167. The molecular weight excluding hydrogens is 361 g/mol. The predicted molar refractivity (Wildman–Crippen MR) is 99.5 cm³/mol. The van der Waals surface area contributed by atoms with Gasteiger partial charge in [0.1, 0.15) is 0 Å². The Morgan fingerprint density at radius 2 is 1.96 bits per heavy atom. The largest absolute Gasteiger partial charge is 0.350 e. The molecule has 128 valence electrons. The van der Waals surface area contributed by atoms with Crippen LogP contribution in [0.15, 0.2) is 47.3 Å². The van der Waals surface area contributed by atoms with E-state index in [1.54, 1.807) is 31.3 Å². The predicted octanol–water partition coefficient (Wildman–Crippen LogP) is 3.21. The number of fused-ring (bicyclic) bond motifs is 1. The number of halogens is 2. The van der Waals surface area contributed by atoms with Gasteiger partial charge >= 0.3 is 0 Å². The van der Waals surface area contributed by atoms with E-state index in [0.29, 0.717) is 33.9 Å². The highest BCUT2D eigenvalue weighted by atomic mass is 35.5. The number of carbonyl (C=O) groups excluding carboxylic acids is 1. The van der Waals surface area contributed by atoms with Crippen molar-refractivity contribution in [2.45, 2.75) is 6.42 Å². The third kappa shape index (κ3) is 3.67. The number of rotatable bonds is 4. The quantitative estimate of drug-likeness (QED) is 0.761. The molecule has 0 spiro atoms. The van der Waals surface area contributed by atoms with Crippen LogP contribution >= 0.6 is 23.2 Å². The first kappa shape index (κ1) is 17.5. The van der Waals surface area contributed by atoms with Gasteiger partial charge in [-0.3, -0.25) is 14.3 Å². The molecule has 3 aromatic rings. The van der Waals surface area contributed by atoms with Gasteiger partial charge in [-0.1, -0.05) is 41.4 Å². The lowest BCUT2D eigenvalue weighted by atomic mass is 10.1. The Hall–Kier alpha value is -2.37. The number of aromatic nitrogens is 2. The minimum Gasteiger partial charge on any atom is -0.350 e. The molecule has 2 aromatic carbocycles. The molecule has 1 heterocycles. The second kappa shape index (κ2) is 7.25. The summed E-state index contributed by atoms with van der Waals surface area (Å²) in [5.41, 5.74) is 0.944. The Kier molecular flexibility index (Phi) is 5.06. The van der Waals surface area contributed by atoms with Crippen LogP contribution in [0, 0.1) is 0 Å². The maximum absolute atomic E-state index is 12.5. The van der Waals surface area contributed by atoms with E-state index in [4.69, 9.17) is 23.2 Å². The van der Waals surface area contributed by atoms with Crippen LogP contribution in [0.25, 0.3) is 10.9 Å². The first-order chi connectivity index (χ1) is 12.0. The van der Waals surface area contributed by atoms with E-state index in [1.807, 2.05) is 18.2 Å². The molecule has 0 saturated heterocycles. The lowest BCUT2D eigenvalue weighted by Gasteiger charge is -2.09. The van der Waals surface area contributed by atoms with Gasteiger partial charge in [0.15, 0.2) is 5.69 Å². The van der Waals surface area contributed by atoms with Gasteiger partial charge in [0.25, 0.3) is 5.91 Å². The van der Waals surface area contributed by atoms with Gasteiger partial charge in [-0.25, -0.2) is 0 Å². The summed E-state index contributed by atoms with van der Waals surface area (Å²) in [7, 11) is 1.68. The molecule has 0 radical (unpaired) electrons. The highest BCUT2D eigenvalue weighted by molar-refractivity contribution is 6.31. The summed E-state index contributed by atoms with van der Waals surface area (Å²) >= 11 is 12.1. The molecule has 5 nitrogen and oxygen atoms in total. The van der Waals surface area contributed by atoms with Crippen LogP contribution < -0.4 is 10.7 Å².